The van der Waals surface area contributed by atoms with Gasteiger partial charge in [0.05, 0.1) is 0 Å². The van der Waals surface area contributed by atoms with E-state index in [0.29, 0.717) is 10.0 Å². The number of likely N-dealkylation sites (tertiary alicyclic amines) is 1. The molecule has 1 atom stereocenters. The van der Waals surface area contributed by atoms with Crippen LogP contribution in [0.4, 0.5) is 0 Å². The van der Waals surface area contributed by atoms with E-state index in [1.54, 1.807) is 6.07 Å². The van der Waals surface area contributed by atoms with E-state index in [9.17, 15) is 0 Å². The highest BCUT2D eigenvalue weighted by molar-refractivity contribution is 6.34. The Bertz CT molecular complexity index is 586. The van der Waals surface area contributed by atoms with E-state index in [-0.39, 0.29) is 18.5 Å². The van der Waals surface area contributed by atoms with Gasteiger partial charge in [0.2, 0.25) is 0 Å². The highest BCUT2D eigenvalue weighted by atomic mass is 35.5. The van der Waals surface area contributed by atoms with Crippen molar-refractivity contribution < 1.29 is 4.74 Å². The first-order valence-corrected chi connectivity index (χ1v) is 7.84. The second-order valence-corrected chi connectivity index (χ2v) is 6.23. The summed E-state index contributed by atoms with van der Waals surface area (Å²) in [6.07, 6.45) is 1.22. The summed E-state index contributed by atoms with van der Waals surface area (Å²) in [5, 5.41) is 1.22. The maximum Gasteiger partial charge on any atom is 0.122 e. The lowest BCUT2D eigenvalue weighted by Crippen LogP contribution is -2.24. The number of nitrogens with zero attached hydrogens (tertiary/aromatic N) is 1. The normalized spacial score (nSPS) is 18.0. The Morgan fingerprint density at radius 3 is 2.41 bits per heavy atom. The summed E-state index contributed by atoms with van der Waals surface area (Å²) in [6.45, 7) is 2.95. The van der Waals surface area contributed by atoms with Crippen molar-refractivity contribution in [2.75, 3.05) is 13.1 Å². The second kappa shape index (κ2) is 8.07. The largest absolute Gasteiger partial charge is 0.489 e. The smallest absolute Gasteiger partial charge is 0.122 e. The number of ether oxygens (including phenoxy) is 1. The predicted octanol–water partition coefficient (Wildman–Crippen LogP) is 5.07. The summed E-state index contributed by atoms with van der Waals surface area (Å²) in [6, 6.07) is 15.9. The average molecular weight is 359 g/mol. The molecule has 1 fully saturated rings. The van der Waals surface area contributed by atoms with E-state index in [1.165, 1.54) is 5.56 Å². The Balaban J connectivity index is 0.00000176. The SMILES string of the molecule is Cl.Clc1cc(Cl)cc(OC2CCN(Cc3ccccc3)C2)c1. The molecule has 2 nitrogen and oxygen atoms in total. The van der Waals surface area contributed by atoms with Crippen LogP contribution in [0.5, 0.6) is 5.75 Å². The van der Waals surface area contributed by atoms with Crippen molar-refractivity contribution in [3.8, 4) is 5.75 Å². The first kappa shape index (κ1) is 17.4. The topological polar surface area (TPSA) is 12.5 Å². The first-order chi connectivity index (χ1) is 10.2. The van der Waals surface area contributed by atoms with Crippen molar-refractivity contribution in [2.24, 2.45) is 0 Å². The molecule has 1 aliphatic rings. The van der Waals surface area contributed by atoms with Crippen LogP contribution in [-0.2, 0) is 6.54 Å². The molecule has 3 rings (SSSR count). The Morgan fingerprint density at radius 2 is 1.73 bits per heavy atom. The summed E-state index contributed by atoms with van der Waals surface area (Å²) < 4.78 is 5.99. The molecule has 1 aliphatic heterocycles. The molecule has 118 valence electrons. The van der Waals surface area contributed by atoms with Crippen molar-refractivity contribution in [1.29, 1.82) is 0 Å². The number of halogens is 3. The average Bonchev–Trinajstić information content (AvgIpc) is 2.86. The van der Waals surface area contributed by atoms with Gasteiger partial charge < -0.3 is 4.74 Å². The third-order valence-corrected chi connectivity index (χ3v) is 4.05. The Labute approximate surface area is 147 Å². The monoisotopic (exact) mass is 357 g/mol. The fraction of sp³-hybridized carbons (Fsp3) is 0.294. The van der Waals surface area contributed by atoms with Crippen molar-refractivity contribution in [3.63, 3.8) is 0 Å². The van der Waals surface area contributed by atoms with Crippen LogP contribution in [0.3, 0.4) is 0 Å². The van der Waals surface area contributed by atoms with Gasteiger partial charge in [0.15, 0.2) is 0 Å². The summed E-state index contributed by atoms with van der Waals surface area (Å²) in [7, 11) is 0. The van der Waals surface area contributed by atoms with Gasteiger partial charge in [-0.15, -0.1) is 12.4 Å². The lowest BCUT2D eigenvalue weighted by molar-refractivity contribution is 0.198. The Hall–Kier alpha value is -0.930. The molecular formula is C17H18Cl3NO. The number of rotatable bonds is 4. The van der Waals surface area contributed by atoms with Crippen LogP contribution in [-0.4, -0.2) is 24.1 Å². The fourth-order valence-electron chi connectivity index (χ4n) is 2.67. The standard InChI is InChI=1S/C17H17Cl2NO.ClH/c18-14-8-15(19)10-17(9-14)21-16-6-7-20(12-16)11-13-4-2-1-3-5-13;/h1-5,8-10,16H,6-7,11-12H2;1H. The zero-order chi connectivity index (χ0) is 14.7. The molecule has 0 radical (unpaired) electrons. The van der Waals surface area contributed by atoms with Gasteiger partial charge in [0.1, 0.15) is 11.9 Å². The summed E-state index contributed by atoms with van der Waals surface area (Å²) in [5.74, 6) is 0.749. The van der Waals surface area contributed by atoms with Gasteiger partial charge >= 0.3 is 0 Å². The summed E-state index contributed by atoms with van der Waals surface area (Å²) in [4.78, 5) is 2.41. The van der Waals surface area contributed by atoms with Gasteiger partial charge in [0.25, 0.3) is 0 Å². The van der Waals surface area contributed by atoms with E-state index in [0.717, 1.165) is 31.8 Å². The molecule has 0 bridgehead atoms. The summed E-state index contributed by atoms with van der Waals surface area (Å²) >= 11 is 12.0. The maximum absolute atomic E-state index is 6.00. The number of hydrogen-bond acceptors (Lipinski definition) is 2. The molecule has 2 aromatic carbocycles. The van der Waals surface area contributed by atoms with E-state index < -0.39 is 0 Å². The molecule has 0 aliphatic carbocycles. The van der Waals surface area contributed by atoms with Crippen LogP contribution in [0.1, 0.15) is 12.0 Å². The van der Waals surface area contributed by atoms with Crippen molar-refractivity contribution in [3.05, 3.63) is 64.1 Å². The first-order valence-electron chi connectivity index (χ1n) is 7.08. The predicted molar refractivity (Wildman–Crippen MR) is 94.5 cm³/mol. The molecule has 1 saturated heterocycles. The highest BCUT2D eigenvalue weighted by Gasteiger charge is 2.24. The molecule has 5 heteroatoms. The van der Waals surface area contributed by atoms with Gasteiger partial charge in [-0.3, -0.25) is 4.90 Å². The van der Waals surface area contributed by atoms with Gasteiger partial charge in [-0.1, -0.05) is 53.5 Å². The fourth-order valence-corrected chi connectivity index (χ4v) is 3.17. The van der Waals surface area contributed by atoms with Crippen molar-refractivity contribution in [2.45, 2.75) is 19.1 Å². The zero-order valence-corrected chi connectivity index (χ0v) is 14.4. The van der Waals surface area contributed by atoms with Gasteiger partial charge in [-0.25, -0.2) is 0 Å². The minimum atomic E-state index is 0. The van der Waals surface area contributed by atoms with Crippen LogP contribution in [0.2, 0.25) is 10.0 Å². The number of hydrogen-bond donors (Lipinski definition) is 0. The molecule has 1 unspecified atom stereocenters. The molecular weight excluding hydrogens is 341 g/mol. The van der Waals surface area contributed by atoms with E-state index in [4.69, 9.17) is 27.9 Å². The summed E-state index contributed by atoms with van der Waals surface area (Å²) in [5.41, 5.74) is 1.34. The zero-order valence-electron chi connectivity index (χ0n) is 12.0. The number of benzene rings is 2. The van der Waals surface area contributed by atoms with Gasteiger partial charge in [-0.05, 0) is 30.2 Å². The van der Waals surface area contributed by atoms with Crippen LogP contribution >= 0.6 is 35.6 Å². The second-order valence-electron chi connectivity index (χ2n) is 5.35. The highest BCUT2D eigenvalue weighted by Crippen LogP contribution is 2.26. The van der Waals surface area contributed by atoms with Crippen molar-refractivity contribution in [1.82, 2.24) is 4.90 Å². The lowest BCUT2D eigenvalue weighted by Gasteiger charge is -2.17. The third-order valence-electron chi connectivity index (χ3n) is 3.62. The quantitative estimate of drug-likeness (QED) is 0.756. The molecule has 0 N–H and O–H groups in total. The molecule has 0 saturated carbocycles. The van der Waals surface area contributed by atoms with Crippen LogP contribution in [0, 0.1) is 0 Å². The van der Waals surface area contributed by atoms with E-state index >= 15 is 0 Å². The van der Waals surface area contributed by atoms with Crippen LogP contribution < -0.4 is 4.74 Å². The maximum atomic E-state index is 6.00. The Kier molecular flexibility index (Phi) is 6.39. The minimum absolute atomic E-state index is 0. The van der Waals surface area contributed by atoms with Crippen molar-refractivity contribution >= 4 is 35.6 Å². The molecule has 22 heavy (non-hydrogen) atoms. The molecule has 0 amide bonds. The van der Waals surface area contributed by atoms with E-state index in [1.807, 2.05) is 18.2 Å². The van der Waals surface area contributed by atoms with Gasteiger partial charge in [-0.2, -0.15) is 0 Å². The van der Waals surface area contributed by atoms with Gasteiger partial charge in [0, 0.05) is 29.7 Å². The Morgan fingerprint density at radius 1 is 1.05 bits per heavy atom. The van der Waals surface area contributed by atoms with E-state index in [2.05, 4.69) is 29.2 Å². The molecule has 0 aromatic heterocycles. The lowest BCUT2D eigenvalue weighted by atomic mass is 10.2. The van der Waals surface area contributed by atoms with Crippen LogP contribution in [0.15, 0.2) is 48.5 Å². The van der Waals surface area contributed by atoms with Crippen LogP contribution in [0.25, 0.3) is 0 Å². The minimum Gasteiger partial charge on any atom is -0.489 e. The molecule has 0 spiro atoms. The third kappa shape index (κ3) is 4.79. The molecule has 1 heterocycles. The molecule has 2 aromatic rings.